The first-order valence-electron chi connectivity index (χ1n) is 15.9. The molecular weight excluding hydrogens is 551 g/mol. The monoisotopic (exact) mass is 598 g/mol. The standard InChI is InChI=1S/C37H47FN4O2/c1-7-25(3)34(40-33-15-13-30(23-43)18-27(33)5)22-41-16-17-42(36-20-35(36)41)28(6)10-9-11-37(26(4)8-2)44-24-31-14-12-29(21-39)19-32(31)38/h9-15,18-19,23,25,34-36,40H,7-8,16-17,20,22,24H2,1-6H3/b11-9-,28-10+,37-26?. The molecule has 4 unspecified atom stereocenters. The number of ether oxygens (including phenoxy) is 1. The summed E-state index contributed by atoms with van der Waals surface area (Å²) in [5.74, 6) is 0.839. The van der Waals surface area contributed by atoms with Crippen molar-refractivity contribution in [3.8, 4) is 6.07 Å². The van der Waals surface area contributed by atoms with Crippen LogP contribution in [-0.4, -0.2) is 53.8 Å². The molecule has 2 aromatic carbocycles. The lowest BCUT2D eigenvalue weighted by Gasteiger charge is -2.39. The fourth-order valence-corrected chi connectivity index (χ4v) is 5.90. The maximum Gasteiger partial charge on any atom is 0.150 e. The molecule has 1 saturated heterocycles. The maximum absolute atomic E-state index is 14.4. The number of fused-ring (bicyclic) bond motifs is 1. The minimum absolute atomic E-state index is 0.110. The number of nitriles is 1. The van der Waals surface area contributed by atoms with Gasteiger partial charge in [0.15, 0.2) is 0 Å². The second-order valence-corrected chi connectivity index (χ2v) is 12.3. The van der Waals surface area contributed by atoms with Crippen molar-refractivity contribution in [3.63, 3.8) is 0 Å². The van der Waals surface area contributed by atoms with Gasteiger partial charge in [0, 0.05) is 60.3 Å². The van der Waals surface area contributed by atoms with Crippen LogP contribution in [0.15, 0.2) is 71.7 Å². The Balaban J connectivity index is 1.36. The number of aryl methyl sites for hydroxylation is 1. The summed E-state index contributed by atoms with van der Waals surface area (Å²) in [6.45, 7) is 16.0. The van der Waals surface area contributed by atoms with Crippen molar-refractivity contribution in [1.29, 1.82) is 5.26 Å². The van der Waals surface area contributed by atoms with Crippen molar-refractivity contribution in [2.75, 3.05) is 25.0 Å². The maximum atomic E-state index is 14.4. The van der Waals surface area contributed by atoms with Crippen LogP contribution in [0.2, 0.25) is 0 Å². The number of hydrogen-bond donors (Lipinski definition) is 1. The van der Waals surface area contributed by atoms with Crippen LogP contribution in [-0.2, 0) is 11.3 Å². The Morgan fingerprint density at radius 3 is 2.64 bits per heavy atom. The molecule has 2 fully saturated rings. The first kappa shape index (κ1) is 33.0. The summed E-state index contributed by atoms with van der Waals surface area (Å²) in [6, 6.07) is 13.7. The first-order chi connectivity index (χ1) is 21.2. The number of nitrogens with one attached hydrogen (secondary N) is 1. The molecule has 1 aliphatic heterocycles. The highest BCUT2D eigenvalue weighted by molar-refractivity contribution is 5.76. The largest absolute Gasteiger partial charge is 0.489 e. The Morgan fingerprint density at radius 1 is 1.18 bits per heavy atom. The van der Waals surface area contributed by atoms with Gasteiger partial charge in [-0.2, -0.15) is 5.26 Å². The fourth-order valence-electron chi connectivity index (χ4n) is 5.90. The number of benzene rings is 2. The van der Waals surface area contributed by atoms with Crippen LogP contribution < -0.4 is 5.32 Å². The minimum atomic E-state index is -0.426. The van der Waals surface area contributed by atoms with E-state index in [-0.39, 0.29) is 6.61 Å². The molecule has 2 aliphatic rings. The van der Waals surface area contributed by atoms with E-state index in [1.54, 1.807) is 12.1 Å². The minimum Gasteiger partial charge on any atom is -0.489 e. The van der Waals surface area contributed by atoms with Crippen molar-refractivity contribution in [1.82, 2.24) is 9.80 Å². The van der Waals surface area contributed by atoms with Gasteiger partial charge in [-0.1, -0.05) is 39.3 Å². The molecule has 1 N–H and O–H groups in total. The summed E-state index contributed by atoms with van der Waals surface area (Å²) in [7, 11) is 0. The Labute approximate surface area is 262 Å². The van der Waals surface area contributed by atoms with Gasteiger partial charge in [0.1, 0.15) is 24.5 Å². The molecule has 4 atom stereocenters. The number of halogens is 1. The number of allylic oxidation sites excluding steroid dienone is 5. The third-order valence-corrected chi connectivity index (χ3v) is 9.27. The predicted molar refractivity (Wildman–Crippen MR) is 176 cm³/mol. The topological polar surface area (TPSA) is 68.6 Å². The molecule has 7 heteroatoms. The lowest BCUT2D eigenvalue weighted by atomic mass is 9.97. The van der Waals surface area contributed by atoms with Crippen LogP contribution in [0.25, 0.3) is 0 Å². The highest BCUT2D eigenvalue weighted by Gasteiger charge is 2.49. The van der Waals surface area contributed by atoms with E-state index in [0.29, 0.717) is 40.7 Å². The molecule has 44 heavy (non-hydrogen) atoms. The predicted octanol–water partition coefficient (Wildman–Crippen LogP) is 7.76. The number of aldehydes is 1. The molecule has 1 saturated carbocycles. The quantitative estimate of drug-likeness (QED) is 0.136. The van der Waals surface area contributed by atoms with Crippen molar-refractivity contribution in [2.24, 2.45) is 5.92 Å². The van der Waals surface area contributed by atoms with Gasteiger partial charge in [-0.3, -0.25) is 9.69 Å². The zero-order chi connectivity index (χ0) is 31.8. The molecule has 1 heterocycles. The average Bonchev–Trinajstić information content (AvgIpc) is 3.84. The molecule has 0 radical (unpaired) electrons. The van der Waals surface area contributed by atoms with Crippen LogP contribution in [0.1, 0.15) is 80.9 Å². The summed E-state index contributed by atoms with van der Waals surface area (Å²) in [6.07, 6.45) is 10.2. The van der Waals surface area contributed by atoms with Crippen LogP contribution in [0.5, 0.6) is 0 Å². The second-order valence-electron chi connectivity index (χ2n) is 12.3. The van der Waals surface area contributed by atoms with Crippen molar-refractivity contribution >= 4 is 12.0 Å². The molecule has 0 amide bonds. The number of carbonyl (C=O) groups is 1. The number of anilines is 1. The van der Waals surface area contributed by atoms with Crippen LogP contribution in [0.4, 0.5) is 10.1 Å². The van der Waals surface area contributed by atoms with E-state index in [4.69, 9.17) is 10.00 Å². The molecule has 0 spiro atoms. The molecule has 0 aromatic heterocycles. The number of carbonyl (C=O) groups excluding carboxylic acids is 1. The lowest BCUT2D eigenvalue weighted by Crippen LogP contribution is -2.50. The number of piperazine rings is 1. The summed E-state index contributed by atoms with van der Waals surface area (Å²) in [4.78, 5) is 16.4. The van der Waals surface area contributed by atoms with Gasteiger partial charge in [0.2, 0.25) is 0 Å². The molecular formula is C37H47FN4O2. The Kier molecular flexibility index (Phi) is 11.4. The van der Waals surface area contributed by atoms with E-state index in [1.807, 2.05) is 43.3 Å². The first-order valence-corrected chi connectivity index (χ1v) is 15.9. The fraction of sp³-hybridized carbons (Fsp3) is 0.459. The van der Waals surface area contributed by atoms with Crippen LogP contribution >= 0.6 is 0 Å². The van der Waals surface area contributed by atoms with Gasteiger partial charge in [-0.25, -0.2) is 4.39 Å². The van der Waals surface area contributed by atoms with Crippen LogP contribution in [0.3, 0.4) is 0 Å². The molecule has 0 bridgehead atoms. The van der Waals surface area contributed by atoms with Gasteiger partial charge in [-0.15, -0.1) is 0 Å². The Morgan fingerprint density at radius 2 is 1.98 bits per heavy atom. The average molecular weight is 599 g/mol. The van der Waals surface area contributed by atoms with Crippen molar-refractivity contribution in [3.05, 3.63) is 99.7 Å². The highest BCUT2D eigenvalue weighted by Crippen LogP contribution is 2.39. The van der Waals surface area contributed by atoms with E-state index in [9.17, 15) is 9.18 Å². The third kappa shape index (κ3) is 8.18. The van der Waals surface area contributed by atoms with E-state index in [0.717, 1.165) is 61.3 Å². The smallest absolute Gasteiger partial charge is 0.150 e. The molecule has 1 aliphatic carbocycles. The second kappa shape index (κ2) is 15.2. The Bertz CT molecular complexity index is 1460. The summed E-state index contributed by atoms with van der Waals surface area (Å²) in [5, 5.41) is 12.8. The third-order valence-electron chi connectivity index (χ3n) is 9.27. The molecule has 6 nitrogen and oxygen atoms in total. The normalized spacial score (nSPS) is 20.4. The zero-order valence-electron chi connectivity index (χ0n) is 27.1. The molecule has 4 rings (SSSR count). The van der Waals surface area contributed by atoms with E-state index in [1.165, 1.54) is 18.2 Å². The van der Waals surface area contributed by atoms with Crippen molar-refractivity contribution in [2.45, 2.75) is 85.5 Å². The molecule has 2 aromatic rings. The van der Waals surface area contributed by atoms with E-state index >= 15 is 0 Å². The number of nitrogens with zero attached hydrogens (tertiary/aromatic N) is 3. The summed E-state index contributed by atoms with van der Waals surface area (Å²) < 4.78 is 20.4. The SMILES string of the molecule is CCC(C)=C(/C=C\C=C(/C)N1CCN(CC(Nc2ccc(C=O)cc2C)C(C)CC)C2CC21)OCc1ccc(C#N)cc1F. The van der Waals surface area contributed by atoms with Gasteiger partial charge in [-0.05, 0) is 93.2 Å². The summed E-state index contributed by atoms with van der Waals surface area (Å²) in [5.41, 5.74) is 5.98. The van der Waals surface area contributed by atoms with Gasteiger partial charge >= 0.3 is 0 Å². The lowest BCUT2D eigenvalue weighted by molar-refractivity contribution is 0.112. The van der Waals surface area contributed by atoms with Gasteiger partial charge in [0.25, 0.3) is 0 Å². The highest BCUT2D eigenvalue weighted by atomic mass is 19.1. The van der Waals surface area contributed by atoms with E-state index in [2.05, 4.69) is 55.8 Å². The summed E-state index contributed by atoms with van der Waals surface area (Å²) >= 11 is 0. The van der Waals surface area contributed by atoms with E-state index < -0.39 is 5.82 Å². The van der Waals surface area contributed by atoms with Gasteiger partial charge < -0.3 is 15.0 Å². The zero-order valence-corrected chi connectivity index (χ0v) is 27.1. The Hall–Kier alpha value is -3.89. The molecule has 234 valence electrons. The van der Waals surface area contributed by atoms with Gasteiger partial charge in [0.05, 0.1) is 11.6 Å². The van der Waals surface area contributed by atoms with Crippen LogP contribution in [0, 0.1) is 30.0 Å². The number of hydrogen-bond acceptors (Lipinski definition) is 6. The number of rotatable bonds is 14. The van der Waals surface area contributed by atoms with Crippen molar-refractivity contribution < 1.29 is 13.9 Å².